The monoisotopic (exact) mass is 248 g/mol. The highest BCUT2D eigenvalue weighted by Gasteiger charge is 2.27. The molecule has 0 aliphatic rings. The lowest BCUT2D eigenvalue weighted by molar-refractivity contribution is -0.122. The smallest absolute Gasteiger partial charge is 0.405 e. The maximum absolute atomic E-state index is 11.8. The van der Waals surface area contributed by atoms with Crippen molar-refractivity contribution in [2.45, 2.75) is 13.1 Å². The summed E-state index contributed by atoms with van der Waals surface area (Å²) in [5.74, 6) is -0.202. The first-order valence-electron chi connectivity index (χ1n) is 4.69. The van der Waals surface area contributed by atoms with Crippen molar-refractivity contribution < 1.29 is 23.1 Å². The zero-order valence-electron chi connectivity index (χ0n) is 8.93. The van der Waals surface area contributed by atoms with E-state index in [9.17, 15) is 23.1 Å². The van der Waals surface area contributed by atoms with Crippen molar-refractivity contribution in [2.75, 3.05) is 11.9 Å². The summed E-state index contributed by atoms with van der Waals surface area (Å²) in [5.41, 5.74) is 0.819. The topological polar surface area (TPSA) is 61.4 Å². The lowest BCUT2D eigenvalue weighted by atomic mass is 10.2. The molecule has 0 aromatic heterocycles. The maximum Gasteiger partial charge on any atom is 0.405 e. The molecule has 94 valence electrons. The first-order valence-corrected chi connectivity index (χ1v) is 4.69. The lowest BCUT2D eigenvalue weighted by Crippen LogP contribution is -2.36. The van der Waals surface area contributed by atoms with E-state index in [0.717, 1.165) is 5.56 Å². The fourth-order valence-corrected chi connectivity index (χ4v) is 1.09. The van der Waals surface area contributed by atoms with E-state index in [0.29, 0.717) is 0 Å². The second-order valence-corrected chi connectivity index (χ2v) is 3.44. The summed E-state index contributed by atoms with van der Waals surface area (Å²) >= 11 is 0. The molecule has 4 nitrogen and oxygen atoms in total. The van der Waals surface area contributed by atoms with E-state index >= 15 is 0 Å². The number of aromatic hydroxyl groups is 1. The van der Waals surface area contributed by atoms with E-state index in [1.54, 1.807) is 18.3 Å². The molecule has 0 bridgehead atoms. The van der Waals surface area contributed by atoms with Crippen molar-refractivity contribution in [1.82, 2.24) is 5.32 Å². The van der Waals surface area contributed by atoms with Crippen LogP contribution in [0.4, 0.5) is 23.7 Å². The quantitative estimate of drug-likeness (QED) is 0.704. The Bertz CT molecular complexity index is 419. The molecule has 3 N–H and O–H groups in total. The fourth-order valence-electron chi connectivity index (χ4n) is 1.09. The van der Waals surface area contributed by atoms with Crippen LogP contribution in [0.25, 0.3) is 0 Å². The number of carbonyl (C=O) groups is 1. The number of amides is 2. The van der Waals surface area contributed by atoms with E-state index in [1.165, 1.54) is 12.1 Å². The van der Waals surface area contributed by atoms with Gasteiger partial charge in [-0.25, -0.2) is 4.79 Å². The predicted molar refractivity (Wildman–Crippen MR) is 55.9 cm³/mol. The third kappa shape index (κ3) is 4.62. The number of hydrogen-bond acceptors (Lipinski definition) is 2. The van der Waals surface area contributed by atoms with Gasteiger partial charge in [-0.3, -0.25) is 0 Å². The molecule has 0 fully saturated rings. The SMILES string of the molecule is Cc1ccc(NC(=O)NCC(F)(F)F)c(O)c1. The highest BCUT2D eigenvalue weighted by atomic mass is 19.4. The number of phenolic OH excluding ortho intramolecular Hbond substituents is 1. The molecule has 0 heterocycles. The summed E-state index contributed by atoms with van der Waals surface area (Å²) < 4.78 is 35.4. The fraction of sp³-hybridized carbons (Fsp3) is 0.300. The van der Waals surface area contributed by atoms with Gasteiger partial charge < -0.3 is 15.7 Å². The Morgan fingerprint density at radius 1 is 1.41 bits per heavy atom. The summed E-state index contributed by atoms with van der Waals surface area (Å²) in [6.45, 7) is 0.304. The van der Waals surface area contributed by atoms with Crippen molar-refractivity contribution in [2.24, 2.45) is 0 Å². The van der Waals surface area contributed by atoms with Crippen LogP contribution >= 0.6 is 0 Å². The molecule has 0 saturated heterocycles. The molecule has 0 atom stereocenters. The molecule has 1 aromatic carbocycles. The van der Waals surface area contributed by atoms with Crippen molar-refractivity contribution in [3.05, 3.63) is 23.8 Å². The van der Waals surface area contributed by atoms with E-state index < -0.39 is 18.8 Å². The number of halogens is 3. The van der Waals surface area contributed by atoms with Gasteiger partial charge in [-0.05, 0) is 24.6 Å². The normalized spacial score (nSPS) is 11.1. The highest BCUT2D eigenvalue weighted by molar-refractivity contribution is 5.90. The second-order valence-electron chi connectivity index (χ2n) is 3.44. The predicted octanol–water partition coefficient (Wildman–Crippen LogP) is 2.38. The van der Waals surface area contributed by atoms with Crippen LogP contribution in [0.15, 0.2) is 18.2 Å². The van der Waals surface area contributed by atoms with Crippen LogP contribution in [0.3, 0.4) is 0 Å². The Hall–Kier alpha value is -1.92. The number of anilines is 1. The highest BCUT2D eigenvalue weighted by Crippen LogP contribution is 2.23. The lowest BCUT2D eigenvalue weighted by Gasteiger charge is -2.10. The van der Waals surface area contributed by atoms with Crippen molar-refractivity contribution >= 4 is 11.7 Å². The Morgan fingerprint density at radius 3 is 2.59 bits per heavy atom. The van der Waals surface area contributed by atoms with Crippen LogP contribution in [0.5, 0.6) is 5.75 Å². The molecule has 7 heteroatoms. The Morgan fingerprint density at radius 2 is 2.06 bits per heavy atom. The molecule has 0 radical (unpaired) electrons. The Labute approximate surface area is 95.4 Å². The van der Waals surface area contributed by atoms with Crippen LogP contribution in [-0.2, 0) is 0 Å². The van der Waals surface area contributed by atoms with Gasteiger partial charge in [0.2, 0.25) is 0 Å². The molecule has 0 saturated carbocycles. The van der Waals surface area contributed by atoms with Gasteiger partial charge in [-0.15, -0.1) is 0 Å². The zero-order valence-corrected chi connectivity index (χ0v) is 8.93. The average Bonchev–Trinajstić information content (AvgIpc) is 2.18. The van der Waals surface area contributed by atoms with Gasteiger partial charge in [0.15, 0.2) is 0 Å². The second kappa shape index (κ2) is 4.94. The van der Waals surface area contributed by atoms with Gasteiger partial charge in [-0.2, -0.15) is 13.2 Å². The number of benzene rings is 1. The number of carbonyl (C=O) groups excluding carboxylic acids is 1. The molecule has 2 amide bonds. The van der Waals surface area contributed by atoms with Gasteiger partial charge in [-0.1, -0.05) is 6.07 Å². The minimum absolute atomic E-state index is 0.0512. The van der Waals surface area contributed by atoms with Crippen LogP contribution < -0.4 is 10.6 Å². The number of aryl methyl sites for hydroxylation is 1. The van der Waals surface area contributed by atoms with E-state index in [4.69, 9.17) is 0 Å². The van der Waals surface area contributed by atoms with Crippen LogP contribution in [0.2, 0.25) is 0 Å². The van der Waals surface area contributed by atoms with Gasteiger partial charge >= 0.3 is 12.2 Å². The van der Waals surface area contributed by atoms with Crippen molar-refractivity contribution in [3.63, 3.8) is 0 Å². The van der Waals surface area contributed by atoms with E-state index in [-0.39, 0.29) is 11.4 Å². The molecule has 17 heavy (non-hydrogen) atoms. The first kappa shape index (κ1) is 13.1. The molecule has 1 aromatic rings. The standard InChI is InChI=1S/C10H11F3N2O2/c1-6-2-3-7(8(16)4-6)15-9(17)14-5-10(11,12)13/h2-4,16H,5H2,1H3,(H2,14,15,17). The molecular formula is C10H11F3N2O2. The van der Waals surface area contributed by atoms with Gasteiger partial charge in [0.05, 0.1) is 5.69 Å². The minimum atomic E-state index is -4.47. The molecule has 0 aliphatic heterocycles. The summed E-state index contributed by atoms with van der Waals surface area (Å²) in [5, 5.41) is 13.1. The Balaban J connectivity index is 2.57. The summed E-state index contributed by atoms with van der Waals surface area (Å²) in [7, 11) is 0. The number of hydrogen-bond donors (Lipinski definition) is 3. The summed E-state index contributed by atoms with van der Waals surface area (Å²) in [6, 6.07) is 3.37. The number of nitrogens with one attached hydrogen (secondary N) is 2. The number of rotatable bonds is 2. The first-order chi connectivity index (χ1) is 7.78. The molecule has 0 spiro atoms. The average molecular weight is 248 g/mol. The maximum atomic E-state index is 11.8. The van der Waals surface area contributed by atoms with Gasteiger partial charge in [0.1, 0.15) is 12.3 Å². The van der Waals surface area contributed by atoms with Crippen molar-refractivity contribution in [3.8, 4) is 5.75 Å². The van der Waals surface area contributed by atoms with Gasteiger partial charge in [0.25, 0.3) is 0 Å². The van der Waals surface area contributed by atoms with Crippen molar-refractivity contribution in [1.29, 1.82) is 0 Å². The molecule has 0 unspecified atom stereocenters. The number of alkyl halides is 3. The molecular weight excluding hydrogens is 237 g/mol. The third-order valence-corrected chi connectivity index (χ3v) is 1.85. The van der Waals surface area contributed by atoms with E-state index in [2.05, 4.69) is 5.32 Å². The molecule has 1 rings (SSSR count). The van der Waals surface area contributed by atoms with Gasteiger partial charge in [0, 0.05) is 0 Å². The molecule has 0 aliphatic carbocycles. The Kier molecular flexibility index (Phi) is 3.82. The van der Waals surface area contributed by atoms with Crippen LogP contribution in [0.1, 0.15) is 5.56 Å². The van der Waals surface area contributed by atoms with Crippen LogP contribution in [0, 0.1) is 6.92 Å². The zero-order chi connectivity index (χ0) is 13.1. The summed E-state index contributed by atoms with van der Waals surface area (Å²) in [4.78, 5) is 11.1. The van der Waals surface area contributed by atoms with E-state index in [1.807, 2.05) is 0 Å². The third-order valence-electron chi connectivity index (χ3n) is 1.85. The number of urea groups is 1. The number of phenols is 1. The minimum Gasteiger partial charge on any atom is -0.506 e. The summed E-state index contributed by atoms with van der Waals surface area (Å²) in [6.07, 6.45) is -4.47. The largest absolute Gasteiger partial charge is 0.506 e. The van der Waals surface area contributed by atoms with Crippen LogP contribution in [-0.4, -0.2) is 23.9 Å².